The molecule has 1 aromatic heterocycles. The quantitative estimate of drug-likeness (QED) is 0.635. The molecule has 2 heterocycles. The minimum atomic E-state index is -0.270. The summed E-state index contributed by atoms with van der Waals surface area (Å²) in [6.45, 7) is 6.33. The van der Waals surface area contributed by atoms with E-state index in [1.807, 2.05) is 7.05 Å². The summed E-state index contributed by atoms with van der Waals surface area (Å²) in [6, 6.07) is 3.86. The van der Waals surface area contributed by atoms with Gasteiger partial charge in [0, 0.05) is 24.3 Å². The van der Waals surface area contributed by atoms with Crippen LogP contribution in [0.5, 0.6) is 0 Å². The molecule has 0 aliphatic carbocycles. The highest BCUT2D eigenvalue weighted by molar-refractivity contribution is 5.99. The second-order valence-corrected chi connectivity index (χ2v) is 8.51. The summed E-state index contributed by atoms with van der Waals surface area (Å²) in [5.41, 5.74) is 4.78. The first-order valence-corrected chi connectivity index (χ1v) is 10.7. The predicted molar refractivity (Wildman–Crippen MR) is 116 cm³/mol. The van der Waals surface area contributed by atoms with Gasteiger partial charge in [0.25, 0.3) is 0 Å². The van der Waals surface area contributed by atoms with Crippen molar-refractivity contribution in [3.63, 3.8) is 0 Å². The highest BCUT2D eigenvalue weighted by atomic mass is 16.3. The van der Waals surface area contributed by atoms with Crippen LogP contribution in [0.1, 0.15) is 57.6 Å². The molecule has 5 heteroatoms. The number of aliphatic hydroxyl groups excluding tert-OH is 1. The number of likely N-dealkylation sites (N-methyl/N-ethyl adjacent to an activating group) is 1. The Balaban J connectivity index is 2.06. The molecule has 3 N–H and O–H groups in total. The largest absolute Gasteiger partial charge is 0.394 e. The molecule has 1 aromatic carbocycles. The van der Waals surface area contributed by atoms with Crippen LogP contribution in [0, 0.1) is 5.92 Å². The second-order valence-electron chi connectivity index (χ2n) is 8.51. The Labute approximate surface area is 168 Å². The van der Waals surface area contributed by atoms with Gasteiger partial charge in [0.15, 0.2) is 0 Å². The fraction of sp³-hybridized carbons (Fsp3) is 0.609. The molecule has 0 spiro atoms. The summed E-state index contributed by atoms with van der Waals surface area (Å²) >= 11 is 0. The number of nitrogens with zero attached hydrogens (tertiary/aromatic N) is 1. The van der Waals surface area contributed by atoms with Crippen molar-refractivity contribution in [2.24, 2.45) is 5.92 Å². The highest BCUT2D eigenvalue weighted by Crippen LogP contribution is 2.35. The van der Waals surface area contributed by atoms with E-state index in [-0.39, 0.29) is 30.5 Å². The Kier molecular flexibility index (Phi) is 6.65. The van der Waals surface area contributed by atoms with E-state index in [4.69, 9.17) is 0 Å². The van der Waals surface area contributed by atoms with Crippen molar-refractivity contribution in [3.8, 4) is 0 Å². The van der Waals surface area contributed by atoms with Crippen LogP contribution in [-0.4, -0.2) is 41.7 Å². The van der Waals surface area contributed by atoms with Crippen LogP contribution < -0.4 is 10.2 Å². The molecule has 0 bridgehead atoms. The number of amides is 1. The van der Waals surface area contributed by atoms with Crippen molar-refractivity contribution in [1.29, 1.82) is 0 Å². The van der Waals surface area contributed by atoms with Gasteiger partial charge in [-0.1, -0.05) is 46.1 Å². The Morgan fingerprint density at radius 3 is 2.71 bits per heavy atom. The molecule has 1 amide bonds. The predicted octanol–water partition coefficient (Wildman–Crippen LogP) is 3.78. The summed E-state index contributed by atoms with van der Waals surface area (Å²) < 4.78 is 0. The normalized spacial score (nSPS) is 20.2. The van der Waals surface area contributed by atoms with E-state index in [0.717, 1.165) is 17.7 Å². The molecule has 2 unspecified atom stereocenters. The van der Waals surface area contributed by atoms with Gasteiger partial charge in [-0.15, -0.1) is 0 Å². The van der Waals surface area contributed by atoms with E-state index in [0.29, 0.717) is 6.42 Å². The lowest BCUT2D eigenvalue weighted by Gasteiger charge is -2.32. The first-order valence-electron chi connectivity index (χ1n) is 10.7. The number of aliphatic hydroxyl groups is 1. The third-order valence-corrected chi connectivity index (χ3v) is 6.01. The molecule has 2 aromatic rings. The molecule has 1 aliphatic heterocycles. The minimum Gasteiger partial charge on any atom is -0.394 e. The van der Waals surface area contributed by atoms with Gasteiger partial charge < -0.3 is 20.3 Å². The zero-order valence-corrected chi connectivity index (χ0v) is 17.7. The van der Waals surface area contributed by atoms with E-state index >= 15 is 0 Å². The number of carbonyl (C=O) groups is 1. The van der Waals surface area contributed by atoms with Crippen LogP contribution in [0.3, 0.4) is 0 Å². The van der Waals surface area contributed by atoms with Gasteiger partial charge in [-0.05, 0) is 42.4 Å². The van der Waals surface area contributed by atoms with Gasteiger partial charge >= 0.3 is 0 Å². The van der Waals surface area contributed by atoms with E-state index in [1.165, 1.54) is 42.1 Å². The number of hydrogen-bond donors (Lipinski definition) is 3. The maximum atomic E-state index is 12.9. The molecule has 0 radical (unpaired) electrons. The maximum absolute atomic E-state index is 12.9. The van der Waals surface area contributed by atoms with Crippen molar-refractivity contribution in [2.75, 3.05) is 18.6 Å². The van der Waals surface area contributed by atoms with Gasteiger partial charge in [0.1, 0.15) is 6.04 Å². The zero-order valence-electron chi connectivity index (χ0n) is 17.7. The number of carbonyl (C=O) groups excluding carboxylic acids is 1. The number of nitrogens with one attached hydrogen (secondary N) is 2. The number of anilines is 1. The molecule has 3 rings (SSSR count). The van der Waals surface area contributed by atoms with Gasteiger partial charge in [0.2, 0.25) is 5.91 Å². The topological polar surface area (TPSA) is 68.4 Å². The number of benzene rings is 1. The smallest absolute Gasteiger partial charge is 0.243 e. The van der Waals surface area contributed by atoms with Gasteiger partial charge in [-0.2, -0.15) is 0 Å². The molecule has 0 saturated carbocycles. The van der Waals surface area contributed by atoms with Crippen molar-refractivity contribution in [1.82, 2.24) is 10.3 Å². The summed E-state index contributed by atoms with van der Waals surface area (Å²) in [4.78, 5) is 18.5. The number of aromatic amines is 1. The molecule has 2 atom stereocenters. The highest BCUT2D eigenvalue weighted by Gasteiger charge is 2.32. The molecule has 0 saturated heterocycles. The Hall–Kier alpha value is -2.01. The zero-order chi connectivity index (χ0) is 20.3. The number of aromatic nitrogens is 1. The molecular weight excluding hydrogens is 350 g/mol. The van der Waals surface area contributed by atoms with Crippen LogP contribution >= 0.6 is 0 Å². The third-order valence-electron chi connectivity index (χ3n) is 6.01. The summed E-state index contributed by atoms with van der Waals surface area (Å²) in [6.07, 6.45) is 8.73. The van der Waals surface area contributed by atoms with E-state index < -0.39 is 0 Å². The molecule has 154 valence electrons. The number of aryl methyl sites for hydroxylation is 1. The van der Waals surface area contributed by atoms with Crippen molar-refractivity contribution >= 4 is 22.5 Å². The molecule has 0 fully saturated rings. The number of rotatable bonds is 7. The summed E-state index contributed by atoms with van der Waals surface area (Å²) in [5, 5.41) is 14.1. The van der Waals surface area contributed by atoms with Gasteiger partial charge in [-0.3, -0.25) is 4.79 Å². The van der Waals surface area contributed by atoms with Crippen LogP contribution in [0.25, 0.3) is 10.9 Å². The molecule has 28 heavy (non-hydrogen) atoms. The first kappa shape index (κ1) is 20.7. The second kappa shape index (κ2) is 8.99. The van der Waals surface area contributed by atoms with E-state index in [2.05, 4.69) is 54.3 Å². The molecule has 1 aliphatic rings. The lowest BCUT2D eigenvalue weighted by Crippen LogP contribution is -2.52. The lowest BCUT2D eigenvalue weighted by atomic mass is 9.97. The van der Waals surface area contributed by atoms with Crippen LogP contribution in [0.2, 0.25) is 0 Å². The summed E-state index contributed by atoms with van der Waals surface area (Å²) in [5.74, 6) is 0.149. The Morgan fingerprint density at radius 2 is 2.04 bits per heavy atom. The van der Waals surface area contributed by atoms with Crippen LogP contribution in [0.15, 0.2) is 18.3 Å². The van der Waals surface area contributed by atoms with Gasteiger partial charge in [0.05, 0.1) is 18.2 Å². The van der Waals surface area contributed by atoms with E-state index in [1.54, 1.807) is 0 Å². The average molecular weight is 386 g/mol. The first-order chi connectivity index (χ1) is 13.5. The van der Waals surface area contributed by atoms with Crippen LogP contribution in [0.4, 0.5) is 5.69 Å². The molecule has 5 nitrogen and oxygen atoms in total. The fourth-order valence-electron chi connectivity index (χ4n) is 4.55. The average Bonchev–Trinajstić information content (AvgIpc) is 3.09. The van der Waals surface area contributed by atoms with Crippen molar-refractivity contribution < 1.29 is 9.90 Å². The monoisotopic (exact) mass is 385 g/mol. The summed E-state index contributed by atoms with van der Waals surface area (Å²) in [7, 11) is 2.01. The minimum absolute atomic E-state index is 0.0116. The van der Waals surface area contributed by atoms with Crippen molar-refractivity contribution in [3.05, 3.63) is 29.5 Å². The maximum Gasteiger partial charge on any atom is 0.243 e. The number of unbranched alkanes of at least 4 members (excludes halogenated alkanes) is 3. The fourth-order valence-corrected chi connectivity index (χ4v) is 4.55. The SMILES string of the molecule is CCCCCCc1ccc2c3c(c[nH]c13)CC(CO)NC(=O)C(C(C)C)N2C. The standard InChI is InChI=1S/C23H35N3O2/c1-5-6-7-8-9-16-10-11-19-20-17(13-24-21(16)20)12-18(14-27)25-23(28)22(15(2)3)26(19)4/h10-11,13,15,18,22,24,27H,5-9,12,14H2,1-4H3,(H,25,28). The Bertz CT molecular complexity index is 812. The van der Waals surface area contributed by atoms with E-state index in [9.17, 15) is 9.90 Å². The lowest BCUT2D eigenvalue weighted by molar-refractivity contribution is -0.124. The van der Waals surface area contributed by atoms with Gasteiger partial charge in [-0.25, -0.2) is 0 Å². The Morgan fingerprint density at radius 1 is 1.25 bits per heavy atom. The third kappa shape index (κ3) is 4.04. The number of H-pyrrole nitrogens is 1. The molecular formula is C23H35N3O2. The van der Waals surface area contributed by atoms with Crippen molar-refractivity contribution in [2.45, 2.75) is 71.4 Å². The van der Waals surface area contributed by atoms with Crippen LogP contribution in [-0.2, 0) is 17.6 Å². The number of hydrogen-bond acceptors (Lipinski definition) is 3.